The molecule has 0 saturated carbocycles. The van der Waals surface area contributed by atoms with Crippen LogP contribution in [0.4, 0.5) is 0 Å². The number of aromatic nitrogens is 3. The molecule has 128 valence electrons. The summed E-state index contributed by atoms with van der Waals surface area (Å²) in [7, 11) is 0. The number of carbonyl (C=O) groups is 1. The SMILES string of the molecule is C=CC(=O)OC(C)CCCCOCCn1c(=O)[nH]c(=O)[nH]c1=O. The van der Waals surface area contributed by atoms with Crippen molar-refractivity contribution < 1.29 is 14.3 Å². The second kappa shape index (κ2) is 9.57. The molecular weight excluding hydrogens is 306 g/mol. The first kappa shape index (κ1) is 18.6. The molecular formula is C14H21N3O6. The highest BCUT2D eigenvalue weighted by atomic mass is 16.5. The van der Waals surface area contributed by atoms with E-state index in [1.165, 1.54) is 0 Å². The molecule has 0 spiro atoms. The van der Waals surface area contributed by atoms with E-state index in [0.29, 0.717) is 13.0 Å². The normalized spacial score (nSPS) is 11.9. The van der Waals surface area contributed by atoms with Gasteiger partial charge in [0.1, 0.15) is 0 Å². The summed E-state index contributed by atoms with van der Waals surface area (Å²) >= 11 is 0. The molecule has 23 heavy (non-hydrogen) atoms. The highest BCUT2D eigenvalue weighted by Gasteiger charge is 2.06. The van der Waals surface area contributed by atoms with Gasteiger partial charge in [-0.25, -0.2) is 23.7 Å². The van der Waals surface area contributed by atoms with E-state index in [9.17, 15) is 19.2 Å². The smallest absolute Gasteiger partial charge is 0.333 e. The Morgan fingerprint density at radius 3 is 2.48 bits per heavy atom. The second-order valence-electron chi connectivity index (χ2n) is 4.90. The van der Waals surface area contributed by atoms with E-state index < -0.39 is 23.0 Å². The van der Waals surface area contributed by atoms with E-state index in [-0.39, 0.29) is 19.3 Å². The summed E-state index contributed by atoms with van der Waals surface area (Å²) in [6.45, 7) is 5.81. The van der Waals surface area contributed by atoms with Crippen molar-refractivity contribution in [2.24, 2.45) is 0 Å². The molecule has 0 bridgehead atoms. The zero-order valence-electron chi connectivity index (χ0n) is 13.0. The molecule has 1 rings (SSSR count). The Bertz CT molecular complexity index is 652. The fourth-order valence-electron chi connectivity index (χ4n) is 1.85. The van der Waals surface area contributed by atoms with Crippen LogP contribution in [0.25, 0.3) is 0 Å². The van der Waals surface area contributed by atoms with Gasteiger partial charge in [0.25, 0.3) is 0 Å². The summed E-state index contributed by atoms with van der Waals surface area (Å²) in [5.41, 5.74) is -2.36. The Morgan fingerprint density at radius 2 is 1.87 bits per heavy atom. The standard InChI is InChI=1S/C14H21N3O6/c1-3-11(18)23-10(2)6-4-5-8-22-9-7-17-13(20)15-12(19)16-14(17)21/h3,10H,1,4-9H2,2H3,(H2,15,16,19,20,21). The van der Waals surface area contributed by atoms with Gasteiger partial charge in [0, 0.05) is 12.7 Å². The van der Waals surface area contributed by atoms with Crippen molar-refractivity contribution in [3.05, 3.63) is 44.1 Å². The van der Waals surface area contributed by atoms with E-state index in [0.717, 1.165) is 23.5 Å². The number of nitrogens with one attached hydrogen (secondary N) is 2. The van der Waals surface area contributed by atoms with Crippen LogP contribution in [0.3, 0.4) is 0 Å². The van der Waals surface area contributed by atoms with E-state index in [1.807, 2.05) is 9.97 Å². The minimum absolute atomic E-state index is 0.0539. The maximum absolute atomic E-state index is 11.4. The second-order valence-corrected chi connectivity index (χ2v) is 4.90. The Labute approximate surface area is 131 Å². The zero-order chi connectivity index (χ0) is 17.2. The number of hydrogen-bond acceptors (Lipinski definition) is 6. The Hall–Kier alpha value is -2.42. The van der Waals surface area contributed by atoms with E-state index in [1.54, 1.807) is 6.92 Å². The predicted molar refractivity (Wildman–Crippen MR) is 82.4 cm³/mol. The molecule has 0 aliphatic rings. The first-order chi connectivity index (χ1) is 10.9. The van der Waals surface area contributed by atoms with Gasteiger partial charge in [-0.05, 0) is 26.2 Å². The van der Waals surface area contributed by atoms with Crippen molar-refractivity contribution in [3.63, 3.8) is 0 Å². The number of esters is 1. The number of aromatic amines is 2. The summed E-state index contributed by atoms with van der Waals surface area (Å²) in [5.74, 6) is -0.440. The Kier molecular flexibility index (Phi) is 7.75. The first-order valence-corrected chi connectivity index (χ1v) is 7.28. The molecule has 1 heterocycles. The van der Waals surface area contributed by atoms with Crippen molar-refractivity contribution in [1.29, 1.82) is 0 Å². The lowest BCUT2D eigenvalue weighted by molar-refractivity contribution is -0.142. The number of hydrogen-bond donors (Lipinski definition) is 2. The average molecular weight is 327 g/mol. The summed E-state index contributed by atoms with van der Waals surface area (Å²) in [6.07, 6.45) is 3.22. The monoisotopic (exact) mass is 327 g/mol. The van der Waals surface area contributed by atoms with Gasteiger partial charge in [-0.1, -0.05) is 6.58 Å². The van der Waals surface area contributed by atoms with Gasteiger partial charge in [-0.2, -0.15) is 0 Å². The number of ether oxygens (including phenoxy) is 2. The molecule has 0 fully saturated rings. The summed E-state index contributed by atoms with van der Waals surface area (Å²) in [6, 6.07) is 0. The predicted octanol–water partition coefficient (Wildman–Crippen LogP) is -0.470. The van der Waals surface area contributed by atoms with Gasteiger partial charge >= 0.3 is 23.0 Å². The number of nitrogens with zero attached hydrogens (tertiary/aromatic N) is 1. The average Bonchev–Trinajstić information content (AvgIpc) is 2.48. The largest absolute Gasteiger partial charge is 0.460 e. The molecule has 0 amide bonds. The molecule has 0 aliphatic heterocycles. The third kappa shape index (κ3) is 6.92. The van der Waals surface area contributed by atoms with Crippen LogP contribution >= 0.6 is 0 Å². The fourth-order valence-corrected chi connectivity index (χ4v) is 1.85. The van der Waals surface area contributed by atoms with Crippen molar-refractivity contribution in [3.8, 4) is 0 Å². The Balaban J connectivity index is 2.18. The summed E-state index contributed by atoms with van der Waals surface area (Å²) in [4.78, 5) is 48.6. The van der Waals surface area contributed by atoms with E-state index in [2.05, 4.69) is 6.58 Å². The molecule has 0 saturated heterocycles. The third-order valence-electron chi connectivity index (χ3n) is 3.02. The number of rotatable bonds is 10. The maximum Gasteiger partial charge on any atom is 0.333 e. The molecule has 1 atom stereocenters. The molecule has 1 aromatic rings. The number of carbonyl (C=O) groups excluding carboxylic acids is 1. The van der Waals surface area contributed by atoms with Crippen LogP contribution in [0.1, 0.15) is 26.2 Å². The van der Waals surface area contributed by atoms with Crippen LogP contribution < -0.4 is 17.1 Å². The van der Waals surface area contributed by atoms with Crippen LogP contribution in [0.15, 0.2) is 27.0 Å². The van der Waals surface area contributed by atoms with Gasteiger partial charge in [0.05, 0.1) is 19.3 Å². The lowest BCUT2D eigenvalue weighted by atomic mass is 10.2. The van der Waals surface area contributed by atoms with Gasteiger partial charge < -0.3 is 9.47 Å². The molecule has 9 heteroatoms. The highest BCUT2D eigenvalue weighted by molar-refractivity contribution is 5.81. The van der Waals surface area contributed by atoms with Crippen LogP contribution in [-0.4, -0.2) is 39.8 Å². The van der Waals surface area contributed by atoms with Gasteiger partial charge in [-0.3, -0.25) is 9.97 Å². The minimum atomic E-state index is -0.830. The van der Waals surface area contributed by atoms with E-state index in [4.69, 9.17) is 9.47 Å². The van der Waals surface area contributed by atoms with Crippen molar-refractivity contribution in [2.75, 3.05) is 13.2 Å². The summed E-state index contributed by atoms with van der Waals surface area (Å²) in [5, 5.41) is 0. The zero-order valence-corrected chi connectivity index (χ0v) is 13.0. The molecule has 0 aromatic carbocycles. The third-order valence-corrected chi connectivity index (χ3v) is 3.02. The van der Waals surface area contributed by atoms with Gasteiger partial charge in [-0.15, -0.1) is 0 Å². The quantitative estimate of drug-likeness (QED) is 0.340. The lowest BCUT2D eigenvalue weighted by Gasteiger charge is -2.11. The van der Waals surface area contributed by atoms with Crippen LogP contribution in [0.5, 0.6) is 0 Å². The molecule has 9 nitrogen and oxygen atoms in total. The van der Waals surface area contributed by atoms with Crippen LogP contribution in [0, 0.1) is 0 Å². The van der Waals surface area contributed by atoms with Crippen molar-refractivity contribution in [1.82, 2.24) is 14.5 Å². The highest BCUT2D eigenvalue weighted by Crippen LogP contribution is 2.05. The topological polar surface area (TPSA) is 123 Å². The molecule has 1 unspecified atom stereocenters. The Morgan fingerprint density at radius 1 is 1.22 bits per heavy atom. The van der Waals surface area contributed by atoms with Crippen LogP contribution in [-0.2, 0) is 20.8 Å². The van der Waals surface area contributed by atoms with Crippen molar-refractivity contribution >= 4 is 5.97 Å². The van der Waals surface area contributed by atoms with Crippen molar-refractivity contribution in [2.45, 2.75) is 38.8 Å². The first-order valence-electron chi connectivity index (χ1n) is 7.28. The lowest BCUT2D eigenvalue weighted by Crippen LogP contribution is -2.43. The molecule has 0 radical (unpaired) electrons. The summed E-state index contributed by atoms with van der Waals surface area (Å²) < 4.78 is 11.2. The fraction of sp³-hybridized carbons (Fsp3) is 0.571. The van der Waals surface area contributed by atoms with E-state index >= 15 is 0 Å². The van der Waals surface area contributed by atoms with Gasteiger partial charge in [0.2, 0.25) is 0 Å². The molecule has 0 aliphatic carbocycles. The van der Waals surface area contributed by atoms with Gasteiger partial charge in [0.15, 0.2) is 0 Å². The minimum Gasteiger partial charge on any atom is -0.460 e. The molecule has 2 N–H and O–H groups in total. The maximum atomic E-state index is 11.4. The number of H-pyrrole nitrogens is 2. The number of unbranched alkanes of at least 4 members (excludes halogenated alkanes) is 1. The van der Waals surface area contributed by atoms with Crippen LogP contribution in [0.2, 0.25) is 0 Å². The molecule has 1 aromatic heterocycles.